The lowest BCUT2D eigenvalue weighted by Crippen LogP contribution is -2.44. The van der Waals surface area contributed by atoms with Crippen LogP contribution in [0.1, 0.15) is 24.2 Å². The van der Waals surface area contributed by atoms with Crippen molar-refractivity contribution in [2.45, 2.75) is 20.0 Å². The molecule has 21 heavy (non-hydrogen) atoms. The van der Waals surface area contributed by atoms with Crippen LogP contribution < -0.4 is 10.6 Å². The van der Waals surface area contributed by atoms with Crippen LogP contribution in [0.25, 0.3) is 0 Å². The van der Waals surface area contributed by atoms with Gasteiger partial charge < -0.3 is 10.1 Å². The highest BCUT2D eigenvalue weighted by Crippen LogP contribution is 2.20. The Morgan fingerprint density at radius 2 is 2.05 bits per heavy atom. The minimum absolute atomic E-state index is 0.128. The van der Waals surface area contributed by atoms with Gasteiger partial charge in [-0.05, 0) is 26.0 Å². The van der Waals surface area contributed by atoms with Crippen molar-refractivity contribution in [2.24, 2.45) is 0 Å². The van der Waals surface area contributed by atoms with Gasteiger partial charge in [0.05, 0.1) is 5.02 Å². The summed E-state index contributed by atoms with van der Waals surface area (Å²) in [6, 6.07) is 2.98. The first-order chi connectivity index (χ1) is 9.86. The van der Waals surface area contributed by atoms with Crippen molar-refractivity contribution in [1.82, 2.24) is 10.6 Å². The van der Waals surface area contributed by atoms with Gasteiger partial charge in [-0.1, -0.05) is 17.7 Å². The van der Waals surface area contributed by atoms with Crippen LogP contribution in [0.15, 0.2) is 18.2 Å². The van der Waals surface area contributed by atoms with Crippen molar-refractivity contribution in [2.75, 3.05) is 6.54 Å². The Kier molecular flexibility index (Phi) is 6.10. The number of imide groups is 1. The number of urea groups is 1. The number of ether oxygens (including phenoxy) is 1. The SMILES string of the molecule is CCNC(=O)NC(=O)[C@H](C)OC(=O)c1c(F)cccc1Cl. The van der Waals surface area contributed by atoms with Gasteiger partial charge >= 0.3 is 12.0 Å². The van der Waals surface area contributed by atoms with Gasteiger partial charge in [-0.3, -0.25) is 10.1 Å². The van der Waals surface area contributed by atoms with Crippen molar-refractivity contribution in [3.05, 3.63) is 34.6 Å². The van der Waals surface area contributed by atoms with E-state index in [0.29, 0.717) is 6.54 Å². The van der Waals surface area contributed by atoms with Crippen LogP contribution in [-0.4, -0.2) is 30.6 Å². The van der Waals surface area contributed by atoms with E-state index in [1.54, 1.807) is 6.92 Å². The first-order valence-electron chi connectivity index (χ1n) is 6.10. The van der Waals surface area contributed by atoms with Gasteiger partial charge in [0.25, 0.3) is 5.91 Å². The average molecular weight is 317 g/mol. The quantitative estimate of drug-likeness (QED) is 0.831. The summed E-state index contributed by atoms with van der Waals surface area (Å²) in [5.74, 6) is -2.78. The molecule has 0 radical (unpaired) electrons. The predicted molar refractivity (Wildman–Crippen MR) is 73.5 cm³/mol. The lowest BCUT2D eigenvalue weighted by molar-refractivity contribution is -0.127. The standard InChI is InChI=1S/C13H14ClFN2O4/c1-3-16-13(20)17-11(18)7(2)21-12(19)10-8(14)5-4-6-9(10)15/h4-7H,3H2,1-2H3,(H2,16,17,18,20)/t7-/m0/s1. The van der Waals surface area contributed by atoms with Crippen molar-refractivity contribution >= 4 is 29.5 Å². The number of amides is 3. The molecule has 6 nitrogen and oxygen atoms in total. The summed E-state index contributed by atoms with van der Waals surface area (Å²) in [6.07, 6.45) is -1.28. The lowest BCUT2D eigenvalue weighted by atomic mass is 10.2. The fourth-order valence-electron chi connectivity index (χ4n) is 1.38. The van der Waals surface area contributed by atoms with Crippen molar-refractivity contribution < 1.29 is 23.5 Å². The number of rotatable bonds is 4. The molecule has 0 aliphatic carbocycles. The maximum atomic E-state index is 13.5. The largest absolute Gasteiger partial charge is 0.449 e. The second-order valence-electron chi connectivity index (χ2n) is 3.99. The van der Waals surface area contributed by atoms with Gasteiger partial charge in [-0.15, -0.1) is 0 Å². The summed E-state index contributed by atoms with van der Waals surface area (Å²) in [5, 5.41) is 4.19. The van der Waals surface area contributed by atoms with E-state index in [2.05, 4.69) is 5.32 Å². The normalized spacial score (nSPS) is 11.4. The highest BCUT2D eigenvalue weighted by atomic mass is 35.5. The number of carbonyl (C=O) groups excluding carboxylic acids is 3. The molecule has 1 aromatic rings. The maximum Gasteiger partial charge on any atom is 0.343 e. The van der Waals surface area contributed by atoms with Crippen molar-refractivity contribution in [3.63, 3.8) is 0 Å². The van der Waals surface area contributed by atoms with Gasteiger partial charge in [-0.25, -0.2) is 14.0 Å². The number of hydrogen-bond donors (Lipinski definition) is 2. The Balaban J connectivity index is 2.70. The Labute approximate surface area is 125 Å². The third-order valence-corrected chi connectivity index (χ3v) is 2.71. The van der Waals surface area contributed by atoms with E-state index >= 15 is 0 Å². The molecule has 1 atom stereocenters. The zero-order valence-electron chi connectivity index (χ0n) is 11.4. The van der Waals surface area contributed by atoms with E-state index in [1.807, 2.05) is 5.32 Å². The molecule has 0 spiro atoms. The van der Waals surface area contributed by atoms with E-state index in [9.17, 15) is 18.8 Å². The van der Waals surface area contributed by atoms with E-state index in [1.165, 1.54) is 19.1 Å². The van der Waals surface area contributed by atoms with Crippen LogP contribution in [0, 0.1) is 5.82 Å². The summed E-state index contributed by atoms with van der Waals surface area (Å²) in [6.45, 7) is 3.26. The van der Waals surface area contributed by atoms with Crippen molar-refractivity contribution in [3.8, 4) is 0 Å². The number of halogens is 2. The van der Waals surface area contributed by atoms with Gasteiger partial charge in [0, 0.05) is 6.54 Å². The Bertz CT molecular complexity index is 545. The Morgan fingerprint density at radius 1 is 1.38 bits per heavy atom. The number of hydrogen-bond acceptors (Lipinski definition) is 4. The minimum atomic E-state index is -1.28. The van der Waals surface area contributed by atoms with Crippen molar-refractivity contribution in [1.29, 1.82) is 0 Å². The maximum absolute atomic E-state index is 13.5. The van der Waals surface area contributed by atoms with Crippen LogP contribution in [0.5, 0.6) is 0 Å². The molecule has 0 saturated carbocycles. The third-order valence-electron chi connectivity index (χ3n) is 2.39. The fourth-order valence-corrected chi connectivity index (χ4v) is 1.62. The molecule has 114 valence electrons. The highest BCUT2D eigenvalue weighted by Gasteiger charge is 2.24. The predicted octanol–water partition coefficient (Wildman–Crippen LogP) is 1.87. The zero-order valence-corrected chi connectivity index (χ0v) is 12.2. The fraction of sp³-hybridized carbons (Fsp3) is 0.308. The molecule has 0 heterocycles. The molecule has 0 saturated heterocycles. The Morgan fingerprint density at radius 3 is 2.62 bits per heavy atom. The molecule has 0 bridgehead atoms. The molecule has 3 amide bonds. The average Bonchev–Trinajstić information content (AvgIpc) is 2.38. The van der Waals surface area contributed by atoms with E-state index in [4.69, 9.17) is 16.3 Å². The van der Waals surface area contributed by atoms with Gasteiger partial charge in [0.15, 0.2) is 6.10 Å². The zero-order chi connectivity index (χ0) is 16.0. The molecule has 1 rings (SSSR count). The summed E-state index contributed by atoms with van der Waals surface area (Å²) in [4.78, 5) is 34.5. The molecular weight excluding hydrogens is 303 g/mol. The van der Waals surface area contributed by atoms with Crippen LogP contribution in [0.3, 0.4) is 0 Å². The molecule has 8 heteroatoms. The van der Waals surface area contributed by atoms with Crippen LogP contribution in [0.2, 0.25) is 5.02 Å². The number of esters is 1. The topological polar surface area (TPSA) is 84.5 Å². The molecule has 0 aromatic heterocycles. The van der Waals surface area contributed by atoms with Gasteiger partial charge in [0.2, 0.25) is 0 Å². The highest BCUT2D eigenvalue weighted by molar-refractivity contribution is 6.33. The van der Waals surface area contributed by atoms with Gasteiger partial charge in [-0.2, -0.15) is 0 Å². The number of benzene rings is 1. The van der Waals surface area contributed by atoms with E-state index < -0.39 is 35.4 Å². The third kappa shape index (κ3) is 4.71. The molecular formula is C13H14ClFN2O4. The Hall–Kier alpha value is -2.15. The lowest BCUT2D eigenvalue weighted by Gasteiger charge is -2.13. The first-order valence-corrected chi connectivity index (χ1v) is 6.48. The first kappa shape index (κ1) is 16.9. The summed E-state index contributed by atoms with van der Waals surface area (Å²) >= 11 is 5.71. The molecule has 0 aliphatic heterocycles. The second kappa shape index (κ2) is 7.58. The summed E-state index contributed by atoms with van der Waals surface area (Å²) in [7, 11) is 0. The van der Waals surface area contributed by atoms with Gasteiger partial charge in [0.1, 0.15) is 11.4 Å². The van der Waals surface area contributed by atoms with E-state index in [0.717, 1.165) is 6.07 Å². The smallest absolute Gasteiger partial charge is 0.343 e. The summed E-state index contributed by atoms with van der Waals surface area (Å²) < 4.78 is 18.3. The minimum Gasteiger partial charge on any atom is -0.449 e. The molecule has 0 aliphatic rings. The number of carbonyl (C=O) groups is 3. The second-order valence-corrected chi connectivity index (χ2v) is 4.40. The van der Waals surface area contributed by atoms with Crippen LogP contribution in [0.4, 0.5) is 9.18 Å². The molecule has 0 fully saturated rings. The molecule has 0 unspecified atom stereocenters. The molecule has 1 aromatic carbocycles. The van der Waals surface area contributed by atoms with Crippen LogP contribution >= 0.6 is 11.6 Å². The summed E-state index contributed by atoms with van der Waals surface area (Å²) in [5.41, 5.74) is -0.461. The molecule has 2 N–H and O–H groups in total. The van der Waals surface area contributed by atoms with E-state index in [-0.39, 0.29) is 5.02 Å². The number of nitrogens with one attached hydrogen (secondary N) is 2. The monoisotopic (exact) mass is 316 g/mol. The van der Waals surface area contributed by atoms with Crippen LogP contribution in [-0.2, 0) is 9.53 Å².